The second kappa shape index (κ2) is 12.9. The van der Waals surface area contributed by atoms with Crippen LogP contribution in [0, 0.1) is 0 Å². The van der Waals surface area contributed by atoms with Gasteiger partial charge in [-0.2, -0.15) is 0 Å². The molecular formula is C54H46. The molecule has 54 heavy (non-hydrogen) atoms. The minimum atomic E-state index is 0.100. The third-order valence-electron chi connectivity index (χ3n) is 11.4. The third-order valence-corrected chi connectivity index (χ3v) is 11.4. The van der Waals surface area contributed by atoms with Crippen LogP contribution in [0.4, 0.5) is 0 Å². The number of rotatable bonds is 4. The lowest BCUT2D eigenvalue weighted by atomic mass is 9.81. The second-order valence-corrected chi connectivity index (χ2v) is 17.0. The van der Waals surface area contributed by atoms with Crippen LogP contribution in [0.1, 0.15) is 52.7 Å². The monoisotopic (exact) mass is 694 g/mol. The van der Waals surface area contributed by atoms with Gasteiger partial charge in [0.1, 0.15) is 0 Å². The van der Waals surface area contributed by atoms with Crippen LogP contribution in [0.3, 0.4) is 0 Å². The SMILES string of the molecule is CC(C)(C)c1ccc(-c2ccc3c(-c4cccc5ccccc45)c4cc(-c5ccc(C(C)(C)C)cc5)ccc4c(-c4cccc5ccccc45)c3c2)cc1. The average molecular weight is 695 g/mol. The number of hydrogen-bond acceptors (Lipinski definition) is 0. The molecule has 0 nitrogen and oxygen atoms in total. The van der Waals surface area contributed by atoms with Crippen LogP contribution in [-0.4, -0.2) is 0 Å². The van der Waals surface area contributed by atoms with Crippen molar-refractivity contribution in [3.8, 4) is 44.5 Å². The Bertz CT molecular complexity index is 2640. The predicted molar refractivity (Wildman–Crippen MR) is 236 cm³/mol. The summed E-state index contributed by atoms with van der Waals surface area (Å²) in [7, 11) is 0. The maximum absolute atomic E-state index is 2.45. The van der Waals surface area contributed by atoms with Gasteiger partial charge in [-0.1, -0.05) is 199 Å². The predicted octanol–water partition coefficient (Wildman–Crippen LogP) is 15.6. The Labute approximate surface area is 319 Å². The first-order chi connectivity index (χ1) is 26.0. The van der Waals surface area contributed by atoms with Crippen molar-refractivity contribution in [1.29, 1.82) is 0 Å². The van der Waals surface area contributed by atoms with Crippen LogP contribution >= 0.6 is 0 Å². The zero-order valence-corrected chi connectivity index (χ0v) is 32.2. The first kappa shape index (κ1) is 33.8. The van der Waals surface area contributed by atoms with Crippen molar-refractivity contribution in [3.63, 3.8) is 0 Å². The van der Waals surface area contributed by atoms with Gasteiger partial charge < -0.3 is 0 Å². The lowest BCUT2D eigenvalue weighted by Crippen LogP contribution is -2.10. The summed E-state index contributed by atoms with van der Waals surface area (Å²) in [6.45, 7) is 13.7. The summed E-state index contributed by atoms with van der Waals surface area (Å²) in [5.41, 5.74) is 12.9. The maximum atomic E-state index is 2.45. The lowest BCUT2D eigenvalue weighted by Gasteiger charge is -2.22. The van der Waals surface area contributed by atoms with Crippen LogP contribution in [0.2, 0.25) is 0 Å². The van der Waals surface area contributed by atoms with Crippen LogP contribution in [0.25, 0.3) is 87.6 Å². The summed E-state index contributed by atoms with van der Waals surface area (Å²) in [6.07, 6.45) is 0. The Morgan fingerprint density at radius 3 is 1.02 bits per heavy atom. The lowest BCUT2D eigenvalue weighted by molar-refractivity contribution is 0.590. The summed E-state index contributed by atoms with van der Waals surface area (Å²) in [5, 5.41) is 10.1. The van der Waals surface area contributed by atoms with Gasteiger partial charge >= 0.3 is 0 Å². The van der Waals surface area contributed by atoms with E-state index in [1.807, 2.05) is 0 Å². The fourth-order valence-electron chi connectivity index (χ4n) is 8.38. The molecule has 0 unspecified atom stereocenters. The van der Waals surface area contributed by atoms with E-state index in [9.17, 15) is 0 Å². The van der Waals surface area contributed by atoms with Gasteiger partial charge in [0.15, 0.2) is 0 Å². The summed E-state index contributed by atoms with van der Waals surface area (Å²) in [5.74, 6) is 0. The number of fused-ring (bicyclic) bond motifs is 4. The molecule has 0 spiro atoms. The molecule has 0 saturated heterocycles. The smallest absolute Gasteiger partial charge is 0.00199 e. The zero-order chi connectivity index (χ0) is 37.2. The summed E-state index contributed by atoms with van der Waals surface area (Å²) in [6, 6.07) is 63.9. The molecule has 0 aliphatic carbocycles. The van der Waals surface area contributed by atoms with Gasteiger partial charge in [-0.3, -0.25) is 0 Å². The van der Waals surface area contributed by atoms with Crippen molar-refractivity contribution in [2.45, 2.75) is 52.4 Å². The van der Waals surface area contributed by atoms with Crippen LogP contribution in [-0.2, 0) is 10.8 Å². The van der Waals surface area contributed by atoms with E-state index in [0.717, 1.165) is 0 Å². The molecule has 0 aliphatic heterocycles. The highest BCUT2D eigenvalue weighted by Crippen LogP contribution is 2.48. The summed E-state index contributed by atoms with van der Waals surface area (Å²) >= 11 is 0. The summed E-state index contributed by atoms with van der Waals surface area (Å²) in [4.78, 5) is 0. The molecule has 0 bridgehead atoms. The molecular weight excluding hydrogens is 649 g/mol. The maximum Gasteiger partial charge on any atom is -0.00199 e. The highest BCUT2D eigenvalue weighted by molar-refractivity contribution is 6.26. The average Bonchev–Trinajstić information content (AvgIpc) is 3.19. The van der Waals surface area contributed by atoms with Gasteiger partial charge in [0.2, 0.25) is 0 Å². The van der Waals surface area contributed by atoms with E-state index in [4.69, 9.17) is 0 Å². The highest BCUT2D eigenvalue weighted by Gasteiger charge is 2.21. The van der Waals surface area contributed by atoms with Gasteiger partial charge in [0, 0.05) is 0 Å². The fraction of sp³-hybridized carbons (Fsp3) is 0.148. The van der Waals surface area contributed by atoms with Crippen molar-refractivity contribution < 1.29 is 0 Å². The second-order valence-electron chi connectivity index (χ2n) is 17.0. The molecule has 0 radical (unpaired) electrons. The first-order valence-corrected chi connectivity index (χ1v) is 19.3. The Morgan fingerprint density at radius 1 is 0.278 bits per heavy atom. The molecule has 262 valence electrons. The van der Waals surface area contributed by atoms with Crippen molar-refractivity contribution in [1.82, 2.24) is 0 Å². The van der Waals surface area contributed by atoms with Crippen molar-refractivity contribution in [3.05, 3.63) is 181 Å². The number of hydrogen-bond donors (Lipinski definition) is 0. The molecule has 9 rings (SSSR count). The molecule has 9 aromatic rings. The largest absolute Gasteiger partial charge is 0.0616 e. The third kappa shape index (κ3) is 5.87. The van der Waals surface area contributed by atoms with Gasteiger partial charge in [0.05, 0.1) is 0 Å². The Morgan fingerprint density at radius 2 is 0.630 bits per heavy atom. The quantitative estimate of drug-likeness (QED) is 0.161. The van der Waals surface area contributed by atoms with Crippen LogP contribution in [0.15, 0.2) is 170 Å². The van der Waals surface area contributed by atoms with E-state index in [1.165, 1.54) is 98.7 Å². The minimum Gasteiger partial charge on any atom is -0.0616 e. The molecule has 0 atom stereocenters. The van der Waals surface area contributed by atoms with E-state index >= 15 is 0 Å². The molecule has 0 saturated carbocycles. The van der Waals surface area contributed by atoms with Crippen molar-refractivity contribution >= 4 is 43.1 Å². The molecule has 0 fully saturated rings. The van der Waals surface area contributed by atoms with Gasteiger partial charge in [-0.25, -0.2) is 0 Å². The van der Waals surface area contributed by atoms with Crippen molar-refractivity contribution in [2.24, 2.45) is 0 Å². The molecule has 0 amide bonds. The number of benzene rings is 9. The Kier molecular flexibility index (Phi) is 8.05. The molecule has 0 heteroatoms. The normalized spacial score (nSPS) is 12.3. The Balaban J connectivity index is 1.41. The molecule has 9 aromatic carbocycles. The first-order valence-electron chi connectivity index (χ1n) is 19.3. The Hall–Kier alpha value is -5.98. The van der Waals surface area contributed by atoms with E-state index in [0.29, 0.717) is 0 Å². The van der Waals surface area contributed by atoms with E-state index in [-0.39, 0.29) is 10.8 Å². The zero-order valence-electron chi connectivity index (χ0n) is 32.2. The molecule has 0 heterocycles. The van der Waals surface area contributed by atoms with Gasteiger partial charge in [-0.15, -0.1) is 0 Å². The van der Waals surface area contributed by atoms with Crippen LogP contribution in [0.5, 0.6) is 0 Å². The minimum absolute atomic E-state index is 0.100. The van der Waals surface area contributed by atoms with Crippen LogP contribution < -0.4 is 0 Å². The standard InChI is InChI=1S/C54H46/c1-53(2,3)41-27-21-35(22-28-41)39-25-31-47-49(33-39)51(45-19-11-15-37-13-7-9-17-43(37)45)48-32-26-40(36-23-29-42(30-24-36)54(4,5)6)34-50(48)52(47)46-20-12-16-38-14-8-10-18-44(38)46/h7-34H,1-6H3. The summed E-state index contributed by atoms with van der Waals surface area (Å²) < 4.78 is 0. The topological polar surface area (TPSA) is 0 Å². The van der Waals surface area contributed by atoms with Crippen molar-refractivity contribution in [2.75, 3.05) is 0 Å². The van der Waals surface area contributed by atoms with E-state index < -0.39 is 0 Å². The fourth-order valence-corrected chi connectivity index (χ4v) is 8.38. The van der Waals surface area contributed by atoms with E-state index in [1.54, 1.807) is 0 Å². The van der Waals surface area contributed by atoms with Gasteiger partial charge in [0.25, 0.3) is 0 Å². The molecule has 0 N–H and O–H groups in total. The highest BCUT2D eigenvalue weighted by atomic mass is 14.2. The molecule has 0 aliphatic rings. The molecule has 0 aromatic heterocycles. The van der Waals surface area contributed by atoms with Gasteiger partial charge in [-0.05, 0) is 122 Å². The van der Waals surface area contributed by atoms with E-state index in [2.05, 4.69) is 211 Å².